The lowest BCUT2D eigenvalue weighted by atomic mass is 10.0. The van der Waals surface area contributed by atoms with Crippen molar-refractivity contribution >= 4 is 5.97 Å². The number of carbonyl (C=O) groups is 1. The topological polar surface area (TPSA) is 72.5 Å². The maximum atomic E-state index is 10.8. The molecule has 0 saturated heterocycles. The Kier molecular flexibility index (Phi) is 4.07. The van der Waals surface area contributed by atoms with Crippen molar-refractivity contribution in [3.63, 3.8) is 0 Å². The fraction of sp³-hybridized carbons (Fsp3) is 0.857. The van der Waals surface area contributed by atoms with Gasteiger partial charge in [-0.1, -0.05) is 13.8 Å². The number of ether oxygens (including phenoxy) is 1. The first-order valence-electron chi connectivity index (χ1n) is 3.52. The first kappa shape index (κ1) is 10.4. The smallest absolute Gasteiger partial charge is 0.325 e. The second kappa shape index (κ2) is 4.31. The van der Waals surface area contributed by atoms with E-state index in [1.54, 1.807) is 13.8 Å². The van der Waals surface area contributed by atoms with E-state index in [0.717, 1.165) is 0 Å². The summed E-state index contributed by atoms with van der Waals surface area (Å²) in [6, 6.07) is -0.931. The van der Waals surface area contributed by atoms with Crippen LogP contribution in [0.3, 0.4) is 0 Å². The quantitative estimate of drug-likeness (QED) is 0.547. The minimum absolute atomic E-state index is 0.0379. The van der Waals surface area contributed by atoms with Crippen LogP contribution in [0.5, 0.6) is 0 Å². The highest BCUT2D eigenvalue weighted by atomic mass is 16.5. The minimum Gasteiger partial charge on any atom is -0.468 e. The molecule has 0 aromatic carbocycles. The molecule has 3 N–H and O–H groups in total. The van der Waals surface area contributed by atoms with E-state index in [9.17, 15) is 9.90 Å². The van der Waals surface area contributed by atoms with Gasteiger partial charge < -0.3 is 15.6 Å². The first-order chi connectivity index (χ1) is 5.00. The Bertz CT molecular complexity index is 136. The summed E-state index contributed by atoms with van der Waals surface area (Å²) in [7, 11) is 1.25. The van der Waals surface area contributed by atoms with Gasteiger partial charge in [-0.2, -0.15) is 0 Å². The number of methoxy groups -OCH3 is 1. The van der Waals surface area contributed by atoms with Crippen LogP contribution in [0.4, 0.5) is 0 Å². The number of hydrogen-bond donors (Lipinski definition) is 2. The number of nitrogens with two attached hydrogens (primary N) is 1. The zero-order valence-corrected chi connectivity index (χ0v) is 7.07. The van der Waals surface area contributed by atoms with Crippen molar-refractivity contribution in [2.45, 2.75) is 26.0 Å². The Morgan fingerprint density at radius 3 is 2.27 bits per heavy atom. The van der Waals surface area contributed by atoms with E-state index in [0.29, 0.717) is 0 Å². The second-order valence-electron chi connectivity index (χ2n) is 2.78. The fourth-order valence-corrected chi connectivity index (χ4v) is 0.690. The van der Waals surface area contributed by atoms with Crippen LogP contribution in [0.1, 0.15) is 13.8 Å². The van der Waals surface area contributed by atoms with Crippen LogP contribution in [-0.2, 0) is 9.53 Å². The van der Waals surface area contributed by atoms with Gasteiger partial charge in [-0.25, -0.2) is 0 Å². The third kappa shape index (κ3) is 2.86. The molecule has 4 heteroatoms. The Morgan fingerprint density at radius 2 is 2.00 bits per heavy atom. The molecule has 0 radical (unpaired) electrons. The van der Waals surface area contributed by atoms with Crippen LogP contribution in [-0.4, -0.2) is 30.3 Å². The Labute approximate surface area is 66.3 Å². The standard InChI is InChI=1S/C7H15NO3/c1-4(2)6(9)5(8)7(10)11-3/h4-6,9H,8H2,1-3H3/t5-,6+/m1/s1. The molecule has 0 amide bonds. The summed E-state index contributed by atoms with van der Waals surface area (Å²) < 4.78 is 4.36. The summed E-state index contributed by atoms with van der Waals surface area (Å²) in [5.41, 5.74) is 5.35. The van der Waals surface area contributed by atoms with Gasteiger partial charge in [-0.15, -0.1) is 0 Å². The van der Waals surface area contributed by atoms with Crippen molar-refractivity contribution in [2.24, 2.45) is 11.7 Å². The lowest BCUT2D eigenvalue weighted by Crippen LogP contribution is -2.45. The van der Waals surface area contributed by atoms with E-state index < -0.39 is 18.1 Å². The lowest BCUT2D eigenvalue weighted by molar-refractivity contribution is -0.145. The maximum Gasteiger partial charge on any atom is 0.325 e. The third-order valence-electron chi connectivity index (χ3n) is 1.52. The average Bonchev–Trinajstić information content (AvgIpc) is 2.00. The molecule has 0 aliphatic rings. The van der Waals surface area contributed by atoms with Gasteiger partial charge in [0, 0.05) is 0 Å². The molecule has 0 fully saturated rings. The molecule has 0 unspecified atom stereocenters. The Balaban J connectivity index is 4.01. The Hall–Kier alpha value is -0.610. The van der Waals surface area contributed by atoms with E-state index in [4.69, 9.17) is 5.73 Å². The zero-order valence-electron chi connectivity index (χ0n) is 7.07. The summed E-state index contributed by atoms with van der Waals surface area (Å²) in [5, 5.41) is 9.27. The van der Waals surface area contributed by atoms with E-state index in [-0.39, 0.29) is 5.92 Å². The van der Waals surface area contributed by atoms with Gasteiger partial charge in [0.2, 0.25) is 0 Å². The molecule has 0 spiro atoms. The molecular formula is C7H15NO3. The molecule has 0 aliphatic heterocycles. The summed E-state index contributed by atoms with van der Waals surface area (Å²) in [6.07, 6.45) is -0.831. The van der Waals surface area contributed by atoms with Crippen LogP contribution in [0.25, 0.3) is 0 Å². The molecule has 66 valence electrons. The van der Waals surface area contributed by atoms with E-state index in [1.807, 2.05) is 0 Å². The predicted molar refractivity (Wildman–Crippen MR) is 40.8 cm³/mol. The number of aliphatic hydroxyl groups excluding tert-OH is 1. The predicted octanol–water partition coefficient (Wildman–Crippen LogP) is -0.496. The molecule has 2 atom stereocenters. The molecule has 0 aromatic rings. The average molecular weight is 161 g/mol. The van der Waals surface area contributed by atoms with Crippen LogP contribution < -0.4 is 5.73 Å². The third-order valence-corrected chi connectivity index (χ3v) is 1.52. The van der Waals surface area contributed by atoms with Crippen molar-refractivity contribution in [1.29, 1.82) is 0 Å². The molecule has 4 nitrogen and oxygen atoms in total. The monoisotopic (exact) mass is 161 g/mol. The van der Waals surface area contributed by atoms with Crippen molar-refractivity contribution in [3.8, 4) is 0 Å². The highest BCUT2D eigenvalue weighted by molar-refractivity contribution is 5.76. The molecule has 0 aromatic heterocycles. The fourth-order valence-electron chi connectivity index (χ4n) is 0.690. The molecule has 0 bridgehead atoms. The number of hydrogen-bond acceptors (Lipinski definition) is 4. The van der Waals surface area contributed by atoms with E-state index in [1.165, 1.54) is 7.11 Å². The van der Waals surface area contributed by atoms with Gasteiger partial charge >= 0.3 is 5.97 Å². The van der Waals surface area contributed by atoms with Gasteiger partial charge in [0.15, 0.2) is 0 Å². The van der Waals surface area contributed by atoms with Gasteiger partial charge in [-0.05, 0) is 5.92 Å². The highest BCUT2D eigenvalue weighted by Crippen LogP contribution is 2.05. The molecule has 0 saturated carbocycles. The normalized spacial score (nSPS) is 16.2. The summed E-state index contributed by atoms with van der Waals surface area (Å²) in [4.78, 5) is 10.8. The van der Waals surface area contributed by atoms with Crippen LogP contribution >= 0.6 is 0 Å². The van der Waals surface area contributed by atoms with Crippen molar-refractivity contribution in [2.75, 3.05) is 7.11 Å². The summed E-state index contributed by atoms with van der Waals surface area (Å²) in [5.74, 6) is -0.615. The largest absolute Gasteiger partial charge is 0.468 e. The zero-order chi connectivity index (χ0) is 9.02. The molecule has 0 rings (SSSR count). The van der Waals surface area contributed by atoms with Crippen LogP contribution in [0.2, 0.25) is 0 Å². The SMILES string of the molecule is COC(=O)[C@H](N)[C@@H](O)C(C)C. The second-order valence-corrected chi connectivity index (χ2v) is 2.78. The van der Waals surface area contributed by atoms with Crippen molar-refractivity contribution in [3.05, 3.63) is 0 Å². The summed E-state index contributed by atoms with van der Waals surface area (Å²) >= 11 is 0. The number of carbonyl (C=O) groups excluding carboxylic acids is 1. The van der Waals surface area contributed by atoms with Crippen LogP contribution in [0, 0.1) is 5.92 Å². The molecule has 0 aliphatic carbocycles. The minimum atomic E-state index is -0.931. The molecular weight excluding hydrogens is 146 g/mol. The number of rotatable bonds is 3. The summed E-state index contributed by atoms with van der Waals surface area (Å²) in [6.45, 7) is 3.57. The highest BCUT2D eigenvalue weighted by Gasteiger charge is 2.25. The van der Waals surface area contributed by atoms with Gasteiger partial charge in [-0.3, -0.25) is 4.79 Å². The number of esters is 1. The van der Waals surface area contributed by atoms with Crippen LogP contribution in [0.15, 0.2) is 0 Å². The lowest BCUT2D eigenvalue weighted by Gasteiger charge is -2.19. The van der Waals surface area contributed by atoms with E-state index in [2.05, 4.69) is 4.74 Å². The van der Waals surface area contributed by atoms with E-state index >= 15 is 0 Å². The molecule has 11 heavy (non-hydrogen) atoms. The van der Waals surface area contributed by atoms with Gasteiger partial charge in [0.05, 0.1) is 13.2 Å². The van der Waals surface area contributed by atoms with Crippen molar-refractivity contribution in [1.82, 2.24) is 0 Å². The number of aliphatic hydroxyl groups is 1. The van der Waals surface area contributed by atoms with Crippen molar-refractivity contribution < 1.29 is 14.6 Å². The first-order valence-corrected chi connectivity index (χ1v) is 3.52. The maximum absolute atomic E-state index is 10.8. The Morgan fingerprint density at radius 1 is 1.55 bits per heavy atom. The molecule has 0 heterocycles. The van der Waals surface area contributed by atoms with Gasteiger partial charge in [0.1, 0.15) is 6.04 Å². The van der Waals surface area contributed by atoms with Gasteiger partial charge in [0.25, 0.3) is 0 Å².